The molecule has 2 aliphatic carbocycles. The van der Waals surface area contributed by atoms with Crippen molar-refractivity contribution in [1.82, 2.24) is 4.90 Å². The van der Waals surface area contributed by atoms with Gasteiger partial charge in [-0.25, -0.2) is 0 Å². The largest absolute Gasteiger partial charge is 0.507 e. The normalized spacial score (nSPS) is 38.6. The molecule has 56 heavy (non-hydrogen) atoms. The number of carbonyl (C=O) groups excluding carboxylic acids is 2. The molecule has 5 aliphatic rings. The molecule has 3 heterocycles. The Hall–Kier alpha value is -3.26. The molecular formula is C40H53NO15. The lowest BCUT2D eigenvalue weighted by Gasteiger charge is -2.48. The summed E-state index contributed by atoms with van der Waals surface area (Å²) in [6, 6.07) is 3.57. The summed E-state index contributed by atoms with van der Waals surface area (Å²) < 4.78 is 37.4. The Balaban J connectivity index is 1.11. The quantitative estimate of drug-likeness (QED) is 0.163. The first kappa shape index (κ1) is 40.9. The summed E-state index contributed by atoms with van der Waals surface area (Å²) in [4.78, 5) is 29.4. The van der Waals surface area contributed by atoms with E-state index in [2.05, 4.69) is 0 Å². The summed E-state index contributed by atoms with van der Waals surface area (Å²) in [7, 11) is 3.71. The second-order valence-electron chi connectivity index (χ2n) is 16.0. The van der Waals surface area contributed by atoms with Crippen LogP contribution in [-0.4, -0.2) is 140 Å². The van der Waals surface area contributed by atoms with Gasteiger partial charge in [-0.3, -0.25) is 9.59 Å². The lowest BCUT2D eigenvalue weighted by atomic mass is 9.70. The summed E-state index contributed by atoms with van der Waals surface area (Å²) in [5.74, 6) is -3.72. The predicted octanol–water partition coefficient (Wildman–Crippen LogP) is 2.43. The molecule has 2 aromatic rings. The Morgan fingerprint density at radius 1 is 0.750 bits per heavy atom. The monoisotopic (exact) mass is 787 g/mol. The third kappa shape index (κ3) is 7.02. The molecule has 0 spiro atoms. The van der Waals surface area contributed by atoms with E-state index < -0.39 is 119 Å². The summed E-state index contributed by atoms with van der Waals surface area (Å²) in [5.41, 5.74) is -3.99. The predicted molar refractivity (Wildman–Crippen MR) is 194 cm³/mol. The van der Waals surface area contributed by atoms with Crippen LogP contribution in [-0.2, 0) is 28.4 Å². The number of benzene rings is 2. The highest BCUT2D eigenvalue weighted by atomic mass is 16.7. The van der Waals surface area contributed by atoms with Crippen LogP contribution in [0.1, 0.15) is 121 Å². The molecule has 0 aromatic heterocycles. The Kier molecular flexibility index (Phi) is 11.3. The first-order chi connectivity index (χ1) is 26.4. The van der Waals surface area contributed by atoms with Crippen molar-refractivity contribution in [2.75, 3.05) is 14.1 Å². The van der Waals surface area contributed by atoms with E-state index in [1.807, 2.05) is 19.0 Å². The first-order valence-corrected chi connectivity index (χ1v) is 19.3. The molecule has 2 aromatic carbocycles. The fourth-order valence-corrected chi connectivity index (χ4v) is 8.98. The number of fused-ring (bicyclic) bond motifs is 3. The van der Waals surface area contributed by atoms with Crippen molar-refractivity contribution < 1.29 is 73.8 Å². The van der Waals surface area contributed by atoms with Gasteiger partial charge in [0, 0.05) is 48.4 Å². The number of aliphatic hydroxyl groups is 4. The van der Waals surface area contributed by atoms with Crippen LogP contribution in [0.3, 0.4) is 0 Å². The molecule has 3 aliphatic heterocycles. The molecule has 16 heteroatoms. The number of nitrogens with zero attached hydrogens (tertiary/aromatic N) is 1. The van der Waals surface area contributed by atoms with Crippen molar-refractivity contribution >= 4 is 11.6 Å². The Morgan fingerprint density at radius 2 is 1.36 bits per heavy atom. The number of phenols is 3. The second kappa shape index (κ2) is 15.5. The maximum absolute atomic E-state index is 13.8. The topological polar surface area (TPSA) is 234 Å². The van der Waals surface area contributed by atoms with Crippen molar-refractivity contribution in [2.45, 2.75) is 152 Å². The van der Waals surface area contributed by atoms with Crippen LogP contribution in [0.4, 0.5) is 0 Å². The minimum Gasteiger partial charge on any atom is -0.507 e. The molecule has 3 fully saturated rings. The molecule has 7 N–H and O–H groups in total. The third-order valence-electron chi connectivity index (χ3n) is 12.2. The zero-order valence-electron chi connectivity index (χ0n) is 32.3. The number of likely N-dealkylation sites (N-methyl/N-ethyl adjacent to an activating group) is 1. The van der Waals surface area contributed by atoms with E-state index in [0.29, 0.717) is 12.8 Å². The molecule has 16 nitrogen and oxygen atoms in total. The molecule has 3 saturated heterocycles. The SMILES string of the molecule is CC[C@@]1(O)C[C@H](O[C@@H]2C[C@H](N(C)C)[C@H](O[C@@H]3C[C@@H](O)[C@@H](O[C@H]4CC[C@@H](O)[C@@H](C)O4)[C@@H](C)O3)[C@H](C)O2)c2c(O)c3c(c(O)c2[C@H]1O)C(=O)c1cccc(O)c1C3=O. The Bertz CT molecular complexity index is 1830. The standard InChI is InChI=1S/C40H53NO15/c1-7-40(50)15-24(29-32(39(40)49)36(48)30-31(35(29)47)34(46)28-19(33(30)45)9-8-10-22(28)43)54-26-13-20(41(5)6)37(17(3)52-26)56-27-14-23(44)38(18(4)53-27)55-25-12-11-21(42)16(2)51-25/h8-10,16-18,20-21,23-27,37-39,42-44,47-50H,7,11-15H2,1-6H3/t16-,17+,18-,20+,21-,23-,24+,25+,26-,27-,37-,38+,39-,40-/m1/s1. The Morgan fingerprint density at radius 3 is 2.00 bits per heavy atom. The van der Waals surface area contributed by atoms with Crippen LogP contribution in [0.25, 0.3) is 0 Å². The fourth-order valence-electron chi connectivity index (χ4n) is 8.98. The second-order valence-corrected chi connectivity index (χ2v) is 16.0. The van der Waals surface area contributed by atoms with Gasteiger partial charge in [0.2, 0.25) is 5.78 Å². The van der Waals surface area contributed by atoms with Crippen LogP contribution in [0.15, 0.2) is 18.2 Å². The number of carbonyl (C=O) groups is 2. The number of hydrogen-bond acceptors (Lipinski definition) is 16. The highest BCUT2D eigenvalue weighted by molar-refractivity contribution is 6.31. The molecule has 0 unspecified atom stereocenters. The first-order valence-electron chi connectivity index (χ1n) is 19.3. The number of aliphatic hydroxyl groups excluding tert-OH is 3. The van der Waals surface area contributed by atoms with Gasteiger partial charge in [0.05, 0.1) is 58.9 Å². The van der Waals surface area contributed by atoms with Crippen LogP contribution < -0.4 is 0 Å². The van der Waals surface area contributed by atoms with Gasteiger partial charge in [0.1, 0.15) is 35.6 Å². The lowest BCUT2D eigenvalue weighted by Crippen LogP contribution is -2.58. The van der Waals surface area contributed by atoms with Gasteiger partial charge in [0.15, 0.2) is 24.7 Å². The average molecular weight is 788 g/mol. The maximum atomic E-state index is 13.8. The van der Waals surface area contributed by atoms with Gasteiger partial charge in [-0.15, -0.1) is 0 Å². The van der Waals surface area contributed by atoms with Crippen molar-refractivity contribution in [2.24, 2.45) is 0 Å². The van der Waals surface area contributed by atoms with E-state index in [9.17, 15) is 45.3 Å². The van der Waals surface area contributed by atoms with Gasteiger partial charge >= 0.3 is 0 Å². The van der Waals surface area contributed by atoms with Crippen LogP contribution in [0.2, 0.25) is 0 Å². The fraction of sp³-hybridized carbons (Fsp3) is 0.650. The molecule has 0 amide bonds. The van der Waals surface area contributed by atoms with E-state index in [4.69, 9.17) is 28.4 Å². The van der Waals surface area contributed by atoms with E-state index in [0.717, 1.165) is 0 Å². The Labute approximate surface area is 324 Å². The van der Waals surface area contributed by atoms with Gasteiger partial charge in [-0.05, 0) is 53.8 Å². The molecule has 0 bridgehead atoms. The van der Waals surface area contributed by atoms with Gasteiger partial charge in [-0.1, -0.05) is 19.1 Å². The highest BCUT2D eigenvalue weighted by Gasteiger charge is 2.52. The van der Waals surface area contributed by atoms with E-state index in [1.54, 1.807) is 27.7 Å². The molecule has 0 saturated carbocycles. The van der Waals surface area contributed by atoms with Crippen LogP contribution in [0, 0.1) is 0 Å². The van der Waals surface area contributed by atoms with Crippen molar-refractivity contribution in [1.29, 1.82) is 0 Å². The van der Waals surface area contributed by atoms with Gasteiger partial charge in [0.25, 0.3) is 0 Å². The number of aromatic hydroxyl groups is 3. The minimum absolute atomic E-state index is 0.0000126. The summed E-state index contributed by atoms with van der Waals surface area (Å²) in [6.07, 6.45) is -8.70. The van der Waals surface area contributed by atoms with E-state index in [-0.39, 0.29) is 54.0 Å². The van der Waals surface area contributed by atoms with Crippen LogP contribution in [0.5, 0.6) is 17.2 Å². The average Bonchev–Trinajstić information content (AvgIpc) is 3.14. The molecular weight excluding hydrogens is 734 g/mol. The molecule has 14 atom stereocenters. The minimum atomic E-state index is -1.87. The number of hydrogen-bond donors (Lipinski definition) is 7. The van der Waals surface area contributed by atoms with E-state index >= 15 is 0 Å². The van der Waals surface area contributed by atoms with Crippen molar-refractivity contribution in [3.8, 4) is 17.2 Å². The number of ketones is 2. The summed E-state index contributed by atoms with van der Waals surface area (Å²) in [5, 5.41) is 78.3. The van der Waals surface area contributed by atoms with Gasteiger partial charge in [-0.2, -0.15) is 0 Å². The third-order valence-corrected chi connectivity index (χ3v) is 12.2. The zero-order chi connectivity index (χ0) is 40.5. The highest BCUT2D eigenvalue weighted by Crippen LogP contribution is 2.56. The summed E-state index contributed by atoms with van der Waals surface area (Å²) >= 11 is 0. The number of ether oxygens (including phenoxy) is 6. The summed E-state index contributed by atoms with van der Waals surface area (Å²) in [6.45, 7) is 6.97. The molecule has 308 valence electrons. The van der Waals surface area contributed by atoms with Crippen molar-refractivity contribution in [3.05, 3.63) is 51.6 Å². The van der Waals surface area contributed by atoms with Crippen LogP contribution >= 0.6 is 0 Å². The lowest BCUT2D eigenvalue weighted by molar-refractivity contribution is -0.328. The van der Waals surface area contributed by atoms with E-state index in [1.165, 1.54) is 18.2 Å². The smallest absolute Gasteiger partial charge is 0.202 e. The molecule has 0 radical (unpaired) electrons. The van der Waals surface area contributed by atoms with Crippen molar-refractivity contribution in [3.63, 3.8) is 0 Å². The molecule has 7 rings (SSSR count). The maximum Gasteiger partial charge on any atom is 0.202 e. The van der Waals surface area contributed by atoms with Gasteiger partial charge < -0.3 is 69.1 Å². The zero-order valence-corrected chi connectivity index (χ0v) is 32.3. The number of rotatable bonds is 8. The number of phenolic OH excluding ortho intramolecular Hbond substituents is 3.